The number of amides is 1. The Morgan fingerprint density at radius 1 is 1.00 bits per heavy atom. The van der Waals surface area contributed by atoms with Gasteiger partial charge in [0.05, 0.1) is 25.5 Å². The number of hydrogen-bond donors (Lipinski definition) is 1. The zero-order valence-corrected chi connectivity index (χ0v) is 19.4. The summed E-state index contributed by atoms with van der Waals surface area (Å²) in [6.07, 6.45) is 0. The fraction of sp³-hybridized carbons (Fsp3) is 0.231. The molecule has 0 fully saturated rings. The van der Waals surface area contributed by atoms with Crippen LogP contribution in [0, 0.1) is 0 Å². The lowest BCUT2D eigenvalue weighted by Crippen LogP contribution is -2.33. The monoisotopic (exact) mass is 475 g/mol. The number of aromatic nitrogens is 2. The maximum absolute atomic E-state index is 12.6. The quantitative estimate of drug-likeness (QED) is 0.370. The first-order valence-corrected chi connectivity index (χ1v) is 11.3. The second-order valence-corrected chi connectivity index (χ2v) is 7.55. The summed E-state index contributed by atoms with van der Waals surface area (Å²) in [4.78, 5) is 37.3. The predicted molar refractivity (Wildman–Crippen MR) is 131 cm³/mol. The van der Waals surface area contributed by atoms with Crippen molar-refractivity contribution in [1.29, 1.82) is 0 Å². The highest BCUT2D eigenvalue weighted by Gasteiger charge is 2.15. The van der Waals surface area contributed by atoms with Gasteiger partial charge in [-0.15, -0.1) is 0 Å². The molecule has 0 aliphatic rings. The Morgan fingerprint density at radius 3 is 2.51 bits per heavy atom. The molecule has 2 aromatic heterocycles. The topological polar surface area (TPSA) is 113 Å². The van der Waals surface area contributed by atoms with Gasteiger partial charge in [-0.25, -0.2) is 9.48 Å². The van der Waals surface area contributed by atoms with Crippen LogP contribution in [0.5, 0.6) is 11.5 Å². The molecule has 1 N–H and O–H groups in total. The third-order valence-corrected chi connectivity index (χ3v) is 5.21. The van der Waals surface area contributed by atoms with Gasteiger partial charge in [-0.05, 0) is 56.3 Å². The highest BCUT2D eigenvalue weighted by Crippen LogP contribution is 2.25. The smallest absolute Gasteiger partial charge is 0.349 e. The van der Waals surface area contributed by atoms with E-state index in [1.807, 2.05) is 38.1 Å². The van der Waals surface area contributed by atoms with Crippen LogP contribution in [0.15, 0.2) is 74.7 Å². The van der Waals surface area contributed by atoms with Gasteiger partial charge in [-0.3, -0.25) is 9.59 Å². The van der Waals surface area contributed by atoms with Crippen LogP contribution in [-0.4, -0.2) is 35.4 Å². The summed E-state index contributed by atoms with van der Waals surface area (Å²) in [5, 5.41) is 7.62. The first-order valence-electron chi connectivity index (χ1n) is 11.3. The van der Waals surface area contributed by atoms with E-state index in [-0.39, 0.29) is 29.8 Å². The predicted octanol–water partition coefficient (Wildman–Crippen LogP) is 3.24. The van der Waals surface area contributed by atoms with Crippen LogP contribution in [0.4, 0.5) is 0 Å². The first kappa shape index (κ1) is 23.7. The Kier molecular flexibility index (Phi) is 7.25. The SMILES string of the molecule is CCOc1ccc(-c2ccc(=O)n(CCNC(=O)c3cc4cccc(OCC)c4oc3=O)n2)cc1. The summed E-state index contributed by atoms with van der Waals surface area (Å²) in [6.45, 7) is 4.95. The van der Waals surface area contributed by atoms with Gasteiger partial charge < -0.3 is 19.2 Å². The molecule has 2 aromatic carbocycles. The molecular formula is C26H25N3O6. The van der Waals surface area contributed by atoms with Gasteiger partial charge in [0, 0.05) is 23.6 Å². The molecule has 1 amide bonds. The van der Waals surface area contributed by atoms with E-state index in [1.54, 1.807) is 24.3 Å². The lowest BCUT2D eigenvalue weighted by Gasteiger charge is -2.10. The van der Waals surface area contributed by atoms with E-state index in [4.69, 9.17) is 13.9 Å². The molecular weight excluding hydrogens is 450 g/mol. The minimum Gasteiger partial charge on any atom is -0.494 e. The summed E-state index contributed by atoms with van der Waals surface area (Å²) >= 11 is 0. The van der Waals surface area contributed by atoms with Crippen molar-refractivity contribution in [2.75, 3.05) is 19.8 Å². The van der Waals surface area contributed by atoms with E-state index in [0.717, 1.165) is 11.3 Å². The van der Waals surface area contributed by atoms with Crippen molar-refractivity contribution in [3.05, 3.63) is 87.0 Å². The fourth-order valence-electron chi connectivity index (χ4n) is 3.57. The minimum absolute atomic E-state index is 0.0922. The van der Waals surface area contributed by atoms with Gasteiger partial charge in [0.2, 0.25) is 0 Å². The lowest BCUT2D eigenvalue weighted by molar-refractivity contribution is 0.0948. The molecule has 0 radical (unpaired) electrons. The maximum Gasteiger partial charge on any atom is 0.349 e. The second-order valence-electron chi connectivity index (χ2n) is 7.55. The zero-order chi connectivity index (χ0) is 24.8. The number of nitrogens with one attached hydrogen (secondary N) is 1. The highest BCUT2D eigenvalue weighted by molar-refractivity contribution is 5.97. The zero-order valence-electron chi connectivity index (χ0n) is 19.4. The number of carbonyl (C=O) groups is 1. The van der Waals surface area contributed by atoms with Crippen molar-refractivity contribution in [3.8, 4) is 22.8 Å². The van der Waals surface area contributed by atoms with Gasteiger partial charge in [-0.1, -0.05) is 12.1 Å². The summed E-state index contributed by atoms with van der Waals surface area (Å²) in [5.74, 6) is 0.588. The Morgan fingerprint density at radius 2 is 1.77 bits per heavy atom. The second kappa shape index (κ2) is 10.7. The van der Waals surface area contributed by atoms with E-state index >= 15 is 0 Å². The molecule has 0 aliphatic carbocycles. The van der Waals surface area contributed by atoms with Crippen LogP contribution in [0.1, 0.15) is 24.2 Å². The molecule has 0 unspecified atom stereocenters. The molecule has 0 bridgehead atoms. The van der Waals surface area contributed by atoms with Gasteiger partial charge in [0.1, 0.15) is 11.3 Å². The molecule has 9 nitrogen and oxygen atoms in total. The number of nitrogens with zero attached hydrogens (tertiary/aromatic N) is 2. The van der Waals surface area contributed by atoms with Crippen LogP contribution < -0.4 is 26.0 Å². The number of benzene rings is 2. The average Bonchev–Trinajstić information content (AvgIpc) is 2.86. The molecule has 4 rings (SSSR count). The van der Waals surface area contributed by atoms with Crippen molar-refractivity contribution >= 4 is 16.9 Å². The molecule has 180 valence electrons. The third kappa shape index (κ3) is 5.40. The van der Waals surface area contributed by atoms with Crippen molar-refractivity contribution in [1.82, 2.24) is 15.1 Å². The number of rotatable bonds is 9. The number of carbonyl (C=O) groups excluding carboxylic acids is 1. The van der Waals surface area contributed by atoms with Crippen LogP contribution in [0.3, 0.4) is 0 Å². The van der Waals surface area contributed by atoms with E-state index in [9.17, 15) is 14.4 Å². The number of fused-ring (bicyclic) bond motifs is 1. The number of ether oxygens (including phenoxy) is 2. The molecule has 0 atom stereocenters. The van der Waals surface area contributed by atoms with E-state index in [0.29, 0.717) is 30.0 Å². The Bertz CT molecular complexity index is 1460. The molecule has 9 heteroatoms. The van der Waals surface area contributed by atoms with Gasteiger partial charge >= 0.3 is 5.63 Å². The van der Waals surface area contributed by atoms with Gasteiger partial charge in [-0.2, -0.15) is 5.10 Å². The molecule has 2 heterocycles. The third-order valence-electron chi connectivity index (χ3n) is 5.21. The first-order chi connectivity index (χ1) is 17.0. The lowest BCUT2D eigenvalue weighted by atomic mass is 10.1. The normalized spacial score (nSPS) is 10.8. The molecule has 35 heavy (non-hydrogen) atoms. The summed E-state index contributed by atoms with van der Waals surface area (Å²) < 4.78 is 17.5. The molecule has 4 aromatic rings. The van der Waals surface area contributed by atoms with Crippen LogP contribution >= 0.6 is 0 Å². The van der Waals surface area contributed by atoms with Gasteiger partial charge in [0.15, 0.2) is 11.3 Å². The largest absolute Gasteiger partial charge is 0.494 e. The van der Waals surface area contributed by atoms with Crippen LogP contribution in [-0.2, 0) is 6.54 Å². The minimum atomic E-state index is -0.769. The molecule has 0 aliphatic heterocycles. The van der Waals surface area contributed by atoms with Crippen molar-refractivity contribution < 1.29 is 18.7 Å². The van der Waals surface area contributed by atoms with E-state index in [1.165, 1.54) is 16.8 Å². The number of para-hydroxylation sites is 1. The Hall–Kier alpha value is -4.40. The Balaban J connectivity index is 1.46. The highest BCUT2D eigenvalue weighted by atomic mass is 16.5. The Labute approximate surface area is 200 Å². The summed E-state index contributed by atoms with van der Waals surface area (Å²) in [7, 11) is 0. The molecule has 0 saturated carbocycles. The summed E-state index contributed by atoms with van der Waals surface area (Å²) in [5.41, 5.74) is 0.524. The van der Waals surface area contributed by atoms with Crippen molar-refractivity contribution in [2.24, 2.45) is 0 Å². The van der Waals surface area contributed by atoms with E-state index < -0.39 is 11.5 Å². The molecule has 0 saturated heterocycles. The molecule has 0 spiro atoms. The van der Waals surface area contributed by atoms with E-state index in [2.05, 4.69) is 10.4 Å². The number of hydrogen-bond acceptors (Lipinski definition) is 7. The summed E-state index contributed by atoms with van der Waals surface area (Å²) in [6, 6.07) is 17.1. The van der Waals surface area contributed by atoms with Gasteiger partial charge in [0.25, 0.3) is 11.5 Å². The van der Waals surface area contributed by atoms with Crippen LogP contribution in [0.2, 0.25) is 0 Å². The van der Waals surface area contributed by atoms with Crippen LogP contribution in [0.25, 0.3) is 22.2 Å². The van der Waals surface area contributed by atoms with Crippen molar-refractivity contribution in [3.63, 3.8) is 0 Å². The van der Waals surface area contributed by atoms with Crippen molar-refractivity contribution in [2.45, 2.75) is 20.4 Å². The maximum atomic E-state index is 12.6. The average molecular weight is 476 g/mol. The fourth-order valence-corrected chi connectivity index (χ4v) is 3.57. The standard InChI is InChI=1S/C26H25N3O6/c1-3-33-19-10-8-17(9-11-19)21-12-13-23(30)29(28-21)15-14-27-25(31)20-16-18-6-5-7-22(34-4-2)24(18)35-26(20)32/h5-13,16H,3-4,14-15H2,1-2H3,(H,27,31).